The van der Waals surface area contributed by atoms with Gasteiger partial charge in [0.05, 0.1) is 0 Å². The second kappa shape index (κ2) is 16.7. The van der Waals surface area contributed by atoms with Gasteiger partial charge in [-0.15, -0.1) is 0 Å². The predicted molar refractivity (Wildman–Crippen MR) is 199 cm³/mol. The molecule has 4 rings (SSSR count). The summed E-state index contributed by atoms with van der Waals surface area (Å²) in [7, 11) is 0. The van der Waals surface area contributed by atoms with Gasteiger partial charge in [0.15, 0.2) is 0 Å². The Hall–Kier alpha value is -4.28. The average molecular weight is 601 g/mol. The molecule has 0 saturated carbocycles. The van der Waals surface area contributed by atoms with E-state index in [9.17, 15) is 0 Å². The van der Waals surface area contributed by atoms with Crippen LogP contribution < -0.4 is 20.4 Å². The van der Waals surface area contributed by atoms with Crippen LogP contribution in [0.4, 0.5) is 17.1 Å². The summed E-state index contributed by atoms with van der Waals surface area (Å²) in [6, 6.07) is 26.9. The van der Waals surface area contributed by atoms with Gasteiger partial charge in [-0.05, 0) is 111 Å². The highest BCUT2D eigenvalue weighted by atomic mass is 15.1. The number of nitrogens with two attached hydrogens (primary N) is 1. The molecule has 3 aromatic rings. The number of benzene rings is 3. The Bertz CT molecular complexity index is 1420. The van der Waals surface area contributed by atoms with Gasteiger partial charge in [-0.2, -0.15) is 0 Å². The zero-order valence-corrected chi connectivity index (χ0v) is 28.2. The number of anilines is 3. The fourth-order valence-corrected chi connectivity index (χ4v) is 6.01. The summed E-state index contributed by atoms with van der Waals surface area (Å²) >= 11 is 0. The minimum atomic E-state index is -0.0471. The third-order valence-corrected chi connectivity index (χ3v) is 8.75. The summed E-state index contributed by atoms with van der Waals surface area (Å²) < 4.78 is 0. The molecular weight excluding hydrogens is 548 g/mol. The molecule has 3 aromatic carbocycles. The Balaban J connectivity index is 1.77. The van der Waals surface area contributed by atoms with Gasteiger partial charge in [-0.3, -0.25) is 0 Å². The van der Waals surface area contributed by atoms with Crippen molar-refractivity contribution in [3.8, 4) is 0 Å². The van der Waals surface area contributed by atoms with Crippen molar-refractivity contribution >= 4 is 28.2 Å². The molecule has 0 spiro atoms. The Labute approximate surface area is 272 Å². The average Bonchev–Trinajstić information content (AvgIpc) is 3.08. The van der Waals surface area contributed by atoms with E-state index >= 15 is 0 Å². The number of rotatable bonds is 14. The SMILES string of the molecule is CCN(CC)c1ccc(C(=C/C=C/C(=C2C=CC(N)C=C2)c2ccc(N(CC)CC)cc2)c2ccc(N(CC)CC)cc2)cc1. The summed E-state index contributed by atoms with van der Waals surface area (Å²) in [6.07, 6.45) is 15.1. The summed E-state index contributed by atoms with van der Waals surface area (Å²) in [5, 5.41) is 0. The number of nitrogens with zero attached hydrogens (tertiary/aromatic N) is 3. The van der Waals surface area contributed by atoms with Crippen molar-refractivity contribution in [1.29, 1.82) is 0 Å². The van der Waals surface area contributed by atoms with Gasteiger partial charge in [-0.25, -0.2) is 0 Å². The Morgan fingerprint density at radius 2 is 0.911 bits per heavy atom. The predicted octanol–water partition coefficient (Wildman–Crippen LogP) is 9.12. The standard InChI is InChI=1S/C41H52N4/c1-7-43(8-2)37-26-18-33(19-27-37)40(32-16-24-36(42)25-17-32)14-13-15-41(34-20-28-38(29-21-34)44(9-3)10-4)35-22-30-39(31-23-35)45(11-5)12-6/h13-31,36H,7-12,42H2,1-6H3/b14-13+,40-32?. The molecule has 2 N–H and O–H groups in total. The van der Waals surface area contributed by atoms with E-state index in [2.05, 4.69) is 172 Å². The summed E-state index contributed by atoms with van der Waals surface area (Å²) in [5.74, 6) is 0. The van der Waals surface area contributed by atoms with Crippen LogP contribution >= 0.6 is 0 Å². The molecule has 45 heavy (non-hydrogen) atoms. The molecule has 4 heteroatoms. The van der Waals surface area contributed by atoms with E-state index in [4.69, 9.17) is 5.73 Å². The molecule has 0 atom stereocenters. The lowest BCUT2D eigenvalue weighted by Crippen LogP contribution is -2.21. The molecule has 0 saturated heterocycles. The summed E-state index contributed by atoms with van der Waals surface area (Å²) in [4.78, 5) is 7.14. The van der Waals surface area contributed by atoms with Crippen molar-refractivity contribution in [2.24, 2.45) is 5.73 Å². The zero-order valence-electron chi connectivity index (χ0n) is 28.2. The largest absolute Gasteiger partial charge is 0.372 e. The highest BCUT2D eigenvalue weighted by molar-refractivity contribution is 5.85. The molecule has 0 radical (unpaired) electrons. The van der Waals surface area contributed by atoms with Crippen molar-refractivity contribution in [3.63, 3.8) is 0 Å². The lowest BCUT2D eigenvalue weighted by Gasteiger charge is -2.22. The van der Waals surface area contributed by atoms with Crippen LogP contribution in [0.1, 0.15) is 58.2 Å². The van der Waals surface area contributed by atoms with E-state index in [1.54, 1.807) is 0 Å². The van der Waals surface area contributed by atoms with Crippen LogP contribution in [0, 0.1) is 0 Å². The lowest BCUT2D eigenvalue weighted by atomic mass is 9.94. The third-order valence-electron chi connectivity index (χ3n) is 8.75. The first kappa shape index (κ1) is 33.6. The van der Waals surface area contributed by atoms with Crippen LogP contribution in [0.5, 0.6) is 0 Å². The lowest BCUT2D eigenvalue weighted by molar-refractivity contribution is 0.866. The quantitative estimate of drug-likeness (QED) is 0.187. The van der Waals surface area contributed by atoms with Crippen LogP contribution in [-0.4, -0.2) is 45.3 Å². The maximum atomic E-state index is 6.15. The first-order valence-electron chi connectivity index (χ1n) is 16.8. The highest BCUT2D eigenvalue weighted by Crippen LogP contribution is 2.30. The van der Waals surface area contributed by atoms with Gasteiger partial charge in [0.25, 0.3) is 0 Å². The molecule has 236 valence electrons. The van der Waals surface area contributed by atoms with E-state index in [1.807, 2.05) is 0 Å². The molecule has 1 aliphatic rings. The third kappa shape index (κ3) is 8.46. The highest BCUT2D eigenvalue weighted by Gasteiger charge is 2.11. The summed E-state index contributed by atoms with van der Waals surface area (Å²) in [5.41, 5.74) is 17.0. The minimum absolute atomic E-state index is 0.0471. The maximum Gasteiger partial charge on any atom is 0.0416 e. The molecule has 0 heterocycles. The van der Waals surface area contributed by atoms with Crippen LogP contribution in [0.25, 0.3) is 11.1 Å². The van der Waals surface area contributed by atoms with Crippen LogP contribution in [0.15, 0.2) is 121 Å². The topological polar surface area (TPSA) is 35.7 Å². The first-order valence-corrected chi connectivity index (χ1v) is 16.8. The van der Waals surface area contributed by atoms with E-state index in [0.717, 1.165) is 44.8 Å². The van der Waals surface area contributed by atoms with Gasteiger partial charge in [-0.1, -0.05) is 78.9 Å². The van der Waals surface area contributed by atoms with Crippen molar-refractivity contribution in [3.05, 3.63) is 138 Å². The molecule has 0 unspecified atom stereocenters. The van der Waals surface area contributed by atoms with E-state index in [1.165, 1.54) is 44.9 Å². The van der Waals surface area contributed by atoms with Gasteiger partial charge < -0.3 is 20.4 Å². The van der Waals surface area contributed by atoms with Crippen molar-refractivity contribution in [2.75, 3.05) is 54.0 Å². The van der Waals surface area contributed by atoms with E-state index < -0.39 is 0 Å². The normalized spacial score (nSPS) is 14.1. The second-order valence-electron chi connectivity index (χ2n) is 11.3. The van der Waals surface area contributed by atoms with Crippen molar-refractivity contribution in [1.82, 2.24) is 0 Å². The molecule has 1 aliphatic carbocycles. The summed E-state index contributed by atoms with van der Waals surface area (Å²) in [6.45, 7) is 19.2. The second-order valence-corrected chi connectivity index (χ2v) is 11.3. The molecular formula is C41H52N4. The Morgan fingerprint density at radius 1 is 0.556 bits per heavy atom. The maximum absolute atomic E-state index is 6.15. The first-order chi connectivity index (χ1) is 22.0. The van der Waals surface area contributed by atoms with E-state index in [-0.39, 0.29) is 6.04 Å². The fraction of sp³-hybridized carbons (Fsp3) is 0.317. The monoisotopic (exact) mass is 600 g/mol. The number of hydrogen-bond acceptors (Lipinski definition) is 4. The molecule has 0 amide bonds. The molecule has 4 nitrogen and oxygen atoms in total. The van der Waals surface area contributed by atoms with Gasteiger partial charge >= 0.3 is 0 Å². The molecule has 0 fully saturated rings. The minimum Gasteiger partial charge on any atom is -0.372 e. The molecule has 0 aliphatic heterocycles. The van der Waals surface area contributed by atoms with E-state index in [0.29, 0.717) is 0 Å². The number of allylic oxidation sites excluding steroid dienone is 7. The number of hydrogen-bond donors (Lipinski definition) is 1. The van der Waals surface area contributed by atoms with Crippen LogP contribution in [0.3, 0.4) is 0 Å². The Morgan fingerprint density at radius 3 is 1.27 bits per heavy atom. The zero-order chi connectivity index (χ0) is 32.2. The van der Waals surface area contributed by atoms with Gasteiger partial charge in [0, 0.05) is 62.4 Å². The fourth-order valence-electron chi connectivity index (χ4n) is 6.01. The smallest absolute Gasteiger partial charge is 0.0416 e. The molecule has 0 aromatic heterocycles. The van der Waals surface area contributed by atoms with Crippen LogP contribution in [-0.2, 0) is 0 Å². The van der Waals surface area contributed by atoms with Crippen molar-refractivity contribution < 1.29 is 0 Å². The Kier molecular flexibility index (Phi) is 12.5. The van der Waals surface area contributed by atoms with Gasteiger partial charge in [0.2, 0.25) is 0 Å². The van der Waals surface area contributed by atoms with Gasteiger partial charge in [0.1, 0.15) is 0 Å². The van der Waals surface area contributed by atoms with Crippen molar-refractivity contribution in [2.45, 2.75) is 47.6 Å². The van der Waals surface area contributed by atoms with Crippen LogP contribution in [0.2, 0.25) is 0 Å². The molecule has 0 bridgehead atoms.